The maximum absolute atomic E-state index is 10.7. The molecule has 0 spiro atoms. The van der Waals surface area contributed by atoms with E-state index in [9.17, 15) is 10.2 Å². The average molecular weight is 330 g/mol. The maximum Gasteiger partial charge on any atom is 0.127 e. The van der Waals surface area contributed by atoms with Gasteiger partial charge in [-0.2, -0.15) is 0 Å². The number of benzene rings is 1. The fourth-order valence-corrected chi connectivity index (χ4v) is 4.25. The Balaban J connectivity index is 2.00. The lowest BCUT2D eigenvalue weighted by atomic mass is 9.67. The van der Waals surface area contributed by atoms with E-state index in [0.717, 1.165) is 35.3 Å². The van der Waals surface area contributed by atoms with Crippen molar-refractivity contribution in [3.05, 3.63) is 34.9 Å². The van der Waals surface area contributed by atoms with Crippen molar-refractivity contribution in [2.75, 3.05) is 0 Å². The van der Waals surface area contributed by atoms with Gasteiger partial charge in [-0.25, -0.2) is 0 Å². The number of rotatable bonds is 4. The highest BCUT2D eigenvalue weighted by Gasteiger charge is 2.47. The summed E-state index contributed by atoms with van der Waals surface area (Å²) in [5.41, 5.74) is 2.67. The second-order valence-corrected chi connectivity index (χ2v) is 7.98. The van der Waals surface area contributed by atoms with Gasteiger partial charge in [0.1, 0.15) is 17.1 Å². The van der Waals surface area contributed by atoms with Gasteiger partial charge in [0.05, 0.1) is 6.10 Å². The normalized spacial score (nSPS) is 27.7. The monoisotopic (exact) mass is 330 g/mol. The number of allylic oxidation sites excluding steroid dienone is 1. The number of hydrogen-bond acceptors (Lipinski definition) is 3. The smallest absolute Gasteiger partial charge is 0.127 e. The number of aromatic hydroxyl groups is 1. The van der Waals surface area contributed by atoms with Crippen molar-refractivity contribution in [3.63, 3.8) is 0 Å². The molecule has 1 heterocycles. The molecule has 24 heavy (non-hydrogen) atoms. The lowest BCUT2D eigenvalue weighted by Gasteiger charge is -2.47. The van der Waals surface area contributed by atoms with Crippen LogP contribution in [-0.4, -0.2) is 21.9 Å². The molecule has 3 heteroatoms. The molecule has 1 aromatic carbocycles. The van der Waals surface area contributed by atoms with Gasteiger partial charge in [-0.05, 0) is 63.3 Å². The van der Waals surface area contributed by atoms with Crippen LogP contribution in [0.3, 0.4) is 0 Å². The van der Waals surface area contributed by atoms with Gasteiger partial charge in [-0.3, -0.25) is 0 Å². The Morgan fingerprint density at radius 1 is 1.25 bits per heavy atom. The molecule has 0 fully saturated rings. The SMILES string of the molecule is CCCCCc1cc(O)c2c(c1)OC(C)(C)[C@@H]1C[C@@H](O)C(C)=C[C@H]21. The second-order valence-electron chi connectivity index (χ2n) is 7.98. The molecule has 2 N–H and O–H groups in total. The molecule has 3 nitrogen and oxygen atoms in total. The van der Waals surface area contributed by atoms with Gasteiger partial charge in [0.2, 0.25) is 0 Å². The van der Waals surface area contributed by atoms with E-state index in [1.165, 1.54) is 12.8 Å². The summed E-state index contributed by atoms with van der Waals surface area (Å²) in [7, 11) is 0. The van der Waals surface area contributed by atoms with Gasteiger partial charge in [-0.1, -0.05) is 25.8 Å². The quantitative estimate of drug-likeness (QED) is 0.621. The van der Waals surface area contributed by atoms with Crippen LogP contribution in [0.1, 0.15) is 70.4 Å². The minimum Gasteiger partial charge on any atom is -0.507 e. The number of aliphatic hydroxyl groups is 1. The molecule has 3 atom stereocenters. The number of unbranched alkanes of at least 4 members (excludes halogenated alkanes) is 2. The van der Waals surface area contributed by atoms with Crippen LogP contribution in [0.5, 0.6) is 11.5 Å². The topological polar surface area (TPSA) is 49.7 Å². The summed E-state index contributed by atoms with van der Waals surface area (Å²) >= 11 is 0. The molecular weight excluding hydrogens is 300 g/mol. The summed E-state index contributed by atoms with van der Waals surface area (Å²) < 4.78 is 6.30. The third-order valence-corrected chi connectivity index (χ3v) is 5.73. The highest BCUT2D eigenvalue weighted by Crippen LogP contribution is 2.53. The third-order valence-electron chi connectivity index (χ3n) is 5.73. The van der Waals surface area contributed by atoms with E-state index in [0.29, 0.717) is 12.2 Å². The van der Waals surface area contributed by atoms with Crippen LogP contribution in [0, 0.1) is 5.92 Å². The van der Waals surface area contributed by atoms with Crippen molar-refractivity contribution >= 4 is 0 Å². The molecule has 2 aliphatic rings. The predicted molar refractivity (Wildman–Crippen MR) is 96.7 cm³/mol. The van der Waals surface area contributed by atoms with Crippen molar-refractivity contribution in [1.29, 1.82) is 0 Å². The van der Waals surface area contributed by atoms with Gasteiger partial charge >= 0.3 is 0 Å². The van der Waals surface area contributed by atoms with Crippen molar-refractivity contribution in [2.24, 2.45) is 5.92 Å². The van der Waals surface area contributed by atoms with Gasteiger partial charge in [0.25, 0.3) is 0 Å². The first kappa shape index (κ1) is 17.3. The molecular formula is C21H30O3. The number of fused-ring (bicyclic) bond motifs is 3. The zero-order valence-corrected chi connectivity index (χ0v) is 15.3. The van der Waals surface area contributed by atoms with Crippen LogP contribution in [0.25, 0.3) is 0 Å². The van der Waals surface area contributed by atoms with E-state index in [1.807, 2.05) is 13.0 Å². The van der Waals surface area contributed by atoms with E-state index < -0.39 is 6.10 Å². The Hall–Kier alpha value is -1.48. The predicted octanol–water partition coefficient (Wildman–Crippen LogP) is 4.71. The van der Waals surface area contributed by atoms with Crippen LogP contribution in [0.2, 0.25) is 0 Å². The largest absolute Gasteiger partial charge is 0.507 e. The third kappa shape index (κ3) is 3.06. The molecule has 0 bridgehead atoms. The molecule has 0 amide bonds. The molecule has 132 valence electrons. The van der Waals surface area contributed by atoms with Gasteiger partial charge in [0.15, 0.2) is 0 Å². The highest BCUT2D eigenvalue weighted by atomic mass is 16.5. The summed E-state index contributed by atoms with van der Waals surface area (Å²) in [6.45, 7) is 8.35. The Bertz CT molecular complexity index is 645. The number of phenols is 1. The van der Waals surface area contributed by atoms with Gasteiger partial charge in [0, 0.05) is 17.4 Å². The van der Waals surface area contributed by atoms with E-state index in [2.05, 4.69) is 32.9 Å². The summed E-state index contributed by atoms with van der Waals surface area (Å²) in [6, 6.07) is 4.01. The van der Waals surface area contributed by atoms with Gasteiger partial charge < -0.3 is 14.9 Å². The Labute approximate surface area is 145 Å². The van der Waals surface area contributed by atoms with E-state index in [-0.39, 0.29) is 17.4 Å². The minimum atomic E-state index is -0.411. The number of phenolic OH excluding ortho intramolecular Hbond substituents is 1. The lowest BCUT2D eigenvalue weighted by molar-refractivity contribution is -0.00919. The zero-order chi connectivity index (χ0) is 17.5. The zero-order valence-electron chi connectivity index (χ0n) is 15.3. The first-order chi connectivity index (χ1) is 11.3. The standard InChI is InChI=1S/C21H30O3/c1-5-6-7-8-14-10-18(23)20-15-9-13(2)17(22)12-16(15)21(3,4)24-19(20)11-14/h9-11,15-17,22-23H,5-8,12H2,1-4H3/t15-,16+,17+/m0/s1. The highest BCUT2D eigenvalue weighted by molar-refractivity contribution is 5.54. The average Bonchev–Trinajstić information content (AvgIpc) is 2.49. The first-order valence-corrected chi connectivity index (χ1v) is 9.24. The summed E-state index contributed by atoms with van der Waals surface area (Å²) in [5, 5.41) is 20.9. The van der Waals surface area contributed by atoms with Crippen molar-refractivity contribution in [3.8, 4) is 11.5 Å². The number of ether oxygens (including phenoxy) is 1. The fourth-order valence-electron chi connectivity index (χ4n) is 4.25. The van der Waals surface area contributed by atoms with E-state index in [1.54, 1.807) is 0 Å². The summed E-state index contributed by atoms with van der Waals surface area (Å²) in [5.74, 6) is 1.43. The summed E-state index contributed by atoms with van der Waals surface area (Å²) in [6.07, 6.45) is 6.89. The minimum absolute atomic E-state index is 0.108. The Morgan fingerprint density at radius 2 is 2.00 bits per heavy atom. The molecule has 0 radical (unpaired) electrons. The van der Waals surface area contributed by atoms with Crippen molar-refractivity contribution in [2.45, 2.75) is 77.4 Å². The Kier molecular flexibility index (Phi) is 4.65. The number of aliphatic hydroxyl groups excluding tert-OH is 1. The Morgan fingerprint density at radius 3 is 2.71 bits per heavy atom. The maximum atomic E-state index is 10.7. The molecule has 1 aromatic rings. The van der Waals surface area contributed by atoms with Crippen LogP contribution >= 0.6 is 0 Å². The van der Waals surface area contributed by atoms with Crippen LogP contribution in [0.15, 0.2) is 23.8 Å². The molecule has 0 unspecified atom stereocenters. The van der Waals surface area contributed by atoms with Gasteiger partial charge in [-0.15, -0.1) is 0 Å². The molecule has 1 aliphatic carbocycles. The fraction of sp³-hybridized carbons (Fsp3) is 0.619. The first-order valence-electron chi connectivity index (χ1n) is 9.24. The van der Waals surface area contributed by atoms with E-state index >= 15 is 0 Å². The second kappa shape index (κ2) is 6.44. The van der Waals surface area contributed by atoms with Crippen LogP contribution < -0.4 is 4.74 Å². The number of hydrogen-bond donors (Lipinski definition) is 2. The number of aryl methyl sites for hydroxylation is 1. The lowest BCUT2D eigenvalue weighted by Crippen LogP contribution is -2.47. The van der Waals surface area contributed by atoms with Crippen molar-refractivity contribution < 1.29 is 14.9 Å². The van der Waals surface area contributed by atoms with Crippen LogP contribution in [0.4, 0.5) is 0 Å². The van der Waals surface area contributed by atoms with Crippen LogP contribution in [-0.2, 0) is 6.42 Å². The molecule has 0 saturated heterocycles. The molecule has 0 aromatic heterocycles. The van der Waals surface area contributed by atoms with Crippen molar-refractivity contribution in [1.82, 2.24) is 0 Å². The summed E-state index contributed by atoms with van der Waals surface area (Å²) in [4.78, 5) is 0. The van der Waals surface area contributed by atoms with E-state index in [4.69, 9.17) is 4.74 Å². The molecule has 1 aliphatic heterocycles. The molecule has 3 rings (SSSR count). The molecule has 0 saturated carbocycles.